The molecule has 0 aliphatic heterocycles. The number of fused-ring (bicyclic) bond motifs is 1. The Hall–Kier alpha value is -1.87. The molecule has 1 N–H and O–H groups in total. The number of allylic oxidation sites excluding steroid dienone is 2. The molecule has 2 aromatic carbocycles. The van der Waals surface area contributed by atoms with E-state index in [0.717, 1.165) is 16.0 Å². The topological polar surface area (TPSA) is 28.7 Å². The first-order valence-corrected chi connectivity index (χ1v) is 8.40. The zero-order valence-corrected chi connectivity index (χ0v) is 14.0. The van der Waals surface area contributed by atoms with Gasteiger partial charge in [0, 0.05) is 16.0 Å². The number of halogens is 1. The van der Waals surface area contributed by atoms with Gasteiger partial charge in [-0.05, 0) is 48.7 Å². The molecule has 1 aliphatic rings. The Morgan fingerprint density at radius 3 is 2.77 bits per heavy atom. The van der Waals surface area contributed by atoms with Crippen molar-refractivity contribution in [2.45, 2.75) is 25.7 Å². The second kappa shape index (κ2) is 5.40. The summed E-state index contributed by atoms with van der Waals surface area (Å²) in [5, 5.41) is 2.49. The quantitative estimate of drug-likeness (QED) is 0.578. The van der Waals surface area contributed by atoms with Crippen molar-refractivity contribution in [1.29, 1.82) is 0 Å². The number of hydrogen-bond donors (Lipinski definition) is 1. The molecule has 3 aromatic rings. The zero-order chi connectivity index (χ0) is 15.1. The Bertz CT molecular complexity index is 876. The SMILES string of the molecule is CC1=C[C@@H](c2ncc(-c3ccc4cc(Br)ccc4c3)[nH]2)CC1. The maximum atomic E-state index is 4.60. The van der Waals surface area contributed by atoms with Gasteiger partial charge in [0.25, 0.3) is 0 Å². The third-order valence-corrected chi connectivity index (χ3v) is 4.89. The number of aromatic amines is 1. The maximum Gasteiger partial charge on any atom is 0.113 e. The number of imidazole rings is 1. The van der Waals surface area contributed by atoms with Crippen LogP contribution in [0.5, 0.6) is 0 Å². The van der Waals surface area contributed by atoms with Gasteiger partial charge in [-0.25, -0.2) is 4.98 Å². The number of aromatic nitrogens is 2. The molecule has 0 bridgehead atoms. The molecular weight excluding hydrogens is 336 g/mol. The highest BCUT2D eigenvalue weighted by Crippen LogP contribution is 2.32. The van der Waals surface area contributed by atoms with E-state index in [1.807, 2.05) is 6.20 Å². The average Bonchev–Trinajstić information content (AvgIpc) is 3.15. The lowest BCUT2D eigenvalue weighted by Gasteiger charge is -2.04. The Morgan fingerprint density at radius 2 is 1.95 bits per heavy atom. The number of nitrogens with one attached hydrogen (secondary N) is 1. The monoisotopic (exact) mass is 352 g/mol. The van der Waals surface area contributed by atoms with Gasteiger partial charge in [0.05, 0.1) is 11.9 Å². The number of H-pyrrole nitrogens is 1. The number of nitrogens with zero attached hydrogens (tertiary/aromatic N) is 1. The second-order valence-electron chi connectivity index (χ2n) is 6.05. The van der Waals surface area contributed by atoms with Crippen LogP contribution in [0.1, 0.15) is 31.5 Å². The van der Waals surface area contributed by atoms with E-state index in [2.05, 4.69) is 75.3 Å². The van der Waals surface area contributed by atoms with Crippen molar-refractivity contribution in [2.75, 3.05) is 0 Å². The highest BCUT2D eigenvalue weighted by Gasteiger charge is 2.18. The molecule has 0 saturated carbocycles. The summed E-state index contributed by atoms with van der Waals surface area (Å²) in [6.45, 7) is 2.20. The van der Waals surface area contributed by atoms with E-state index in [4.69, 9.17) is 0 Å². The molecule has 110 valence electrons. The molecule has 3 heteroatoms. The van der Waals surface area contributed by atoms with Gasteiger partial charge in [0.15, 0.2) is 0 Å². The third kappa shape index (κ3) is 2.50. The summed E-state index contributed by atoms with van der Waals surface area (Å²) in [4.78, 5) is 8.10. The molecule has 0 saturated heterocycles. The lowest BCUT2D eigenvalue weighted by atomic mass is 10.1. The summed E-state index contributed by atoms with van der Waals surface area (Å²) >= 11 is 3.52. The molecule has 1 heterocycles. The normalized spacial score (nSPS) is 17.9. The molecule has 0 fully saturated rings. The number of benzene rings is 2. The molecule has 1 atom stereocenters. The summed E-state index contributed by atoms with van der Waals surface area (Å²) in [6.07, 6.45) is 6.65. The molecular formula is C19H17BrN2. The van der Waals surface area contributed by atoms with Crippen LogP contribution in [-0.2, 0) is 0 Å². The van der Waals surface area contributed by atoms with E-state index in [-0.39, 0.29) is 0 Å². The fraction of sp³-hybridized carbons (Fsp3) is 0.211. The Balaban J connectivity index is 1.70. The van der Waals surface area contributed by atoms with Gasteiger partial charge < -0.3 is 4.98 Å². The highest BCUT2D eigenvalue weighted by molar-refractivity contribution is 9.10. The highest BCUT2D eigenvalue weighted by atomic mass is 79.9. The van der Waals surface area contributed by atoms with Crippen LogP contribution in [0, 0.1) is 0 Å². The minimum atomic E-state index is 0.449. The first-order chi connectivity index (χ1) is 10.7. The lowest BCUT2D eigenvalue weighted by molar-refractivity contribution is 0.749. The fourth-order valence-electron chi connectivity index (χ4n) is 3.16. The van der Waals surface area contributed by atoms with Crippen LogP contribution in [-0.4, -0.2) is 9.97 Å². The minimum Gasteiger partial charge on any atom is -0.342 e. The van der Waals surface area contributed by atoms with Crippen molar-refractivity contribution in [3.8, 4) is 11.3 Å². The lowest BCUT2D eigenvalue weighted by Crippen LogP contribution is -1.93. The predicted octanol–water partition coefficient (Wildman–Crippen LogP) is 5.82. The molecule has 0 unspecified atom stereocenters. The van der Waals surface area contributed by atoms with Crippen molar-refractivity contribution in [2.24, 2.45) is 0 Å². The van der Waals surface area contributed by atoms with E-state index >= 15 is 0 Å². The van der Waals surface area contributed by atoms with Gasteiger partial charge >= 0.3 is 0 Å². The summed E-state index contributed by atoms with van der Waals surface area (Å²) < 4.78 is 1.11. The molecule has 2 nitrogen and oxygen atoms in total. The largest absolute Gasteiger partial charge is 0.342 e. The van der Waals surface area contributed by atoms with Crippen LogP contribution >= 0.6 is 15.9 Å². The second-order valence-corrected chi connectivity index (χ2v) is 6.96. The maximum absolute atomic E-state index is 4.60. The van der Waals surface area contributed by atoms with Crippen LogP contribution < -0.4 is 0 Å². The molecule has 0 spiro atoms. The molecule has 1 aliphatic carbocycles. The summed E-state index contributed by atoms with van der Waals surface area (Å²) in [7, 11) is 0. The van der Waals surface area contributed by atoms with Crippen LogP contribution in [0.2, 0.25) is 0 Å². The zero-order valence-electron chi connectivity index (χ0n) is 12.4. The Labute approximate surface area is 138 Å². The van der Waals surface area contributed by atoms with Gasteiger partial charge in [-0.3, -0.25) is 0 Å². The van der Waals surface area contributed by atoms with Gasteiger partial charge in [0.2, 0.25) is 0 Å². The first-order valence-electron chi connectivity index (χ1n) is 7.61. The van der Waals surface area contributed by atoms with Gasteiger partial charge in [-0.1, -0.05) is 45.8 Å². The first kappa shape index (κ1) is 13.8. The Kier molecular flexibility index (Phi) is 3.38. The van der Waals surface area contributed by atoms with E-state index in [9.17, 15) is 0 Å². The van der Waals surface area contributed by atoms with Gasteiger partial charge in [-0.15, -0.1) is 0 Å². The molecule has 0 amide bonds. The van der Waals surface area contributed by atoms with Gasteiger partial charge in [-0.2, -0.15) is 0 Å². The number of hydrogen-bond acceptors (Lipinski definition) is 1. The fourth-order valence-corrected chi connectivity index (χ4v) is 3.54. The van der Waals surface area contributed by atoms with Crippen molar-refractivity contribution in [3.05, 3.63) is 64.5 Å². The van der Waals surface area contributed by atoms with Crippen molar-refractivity contribution in [3.63, 3.8) is 0 Å². The number of rotatable bonds is 2. The molecule has 1 aromatic heterocycles. The van der Waals surface area contributed by atoms with E-state index < -0.39 is 0 Å². The van der Waals surface area contributed by atoms with Crippen molar-refractivity contribution < 1.29 is 0 Å². The smallest absolute Gasteiger partial charge is 0.113 e. The third-order valence-electron chi connectivity index (χ3n) is 4.40. The van der Waals surface area contributed by atoms with Crippen molar-refractivity contribution >= 4 is 26.7 Å². The van der Waals surface area contributed by atoms with Crippen LogP contribution in [0.4, 0.5) is 0 Å². The molecule has 0 radical (unpaired) electrons. The molecule has 4 rings (SSSR count). The van der Waals surface area contributed by atoms with Crippen molar-refractivity contribution in [1.82, 2.24) is 9.97 Å². The molecule has 22 heavy (non-hydrogen) atoms. The van der Waals surface area contributed by atoms with E-state index in [1.165, 1.54) is 34.8 Å². The minimum absolute atomic E-state index is 0.449. The summed E-state index contributed by atoms with van der Waals surface area (Å²) in [5.41, 5.74) is 3.75. The standard InChI is InChI=1S/C19H17BrN2/c1-12-2-3-16(8-12)19-21-11-18(22-19)15-5-4-14-10-17(20)7-6-13(14)9-15/h4-11,16H,2-3H2,1H3,(H,21,22)/t16-/m0/s1. The summed E-state index contributed by atoms with van der Waals surface area (Å²) in [5.74, 6) is 1.54. The van der Waals surface area contributed by atoms with Crippen LogP contribution in [0.3, 0.4) is 0 Å². The Morgan fingerprint density at radius 1 is 1.14 bits per heavy atom. The van der Waals surface area contributed by atoms with Gasteiger partial charge in [0.1, 0.15) is 5.82 Å². The average molecular weight is 353 g/mol. The summed E-state index contributed by atoms with van der Waals surface area (Å²) in [6, 6.07) is 12.9. The van der Waals surface area contributed by atoms with Crippen LogP contribution in [0.15, 0.2) is 58.7 Å². The predicted molar refractivity (Wildman–Crippen MR) is 95.0 cm³/mol. The van der Waals surface area contributed by atoms with E-state index in [0.29, 0.717) is 5.92 Å². The van der Waals surface area contributed by atoms with E-state index in [1.54, 1.807) is 0 Å². The van der Waals surface area contributed by atoms with Crippen LogP contribution in [0.25, 0.3) is 22.0 Å².